The number of rotatable bonds is 5. The molecule has 11 rings (SSSR count). The largest absolute Gasteiger partial charge is 0.456 e. The van der Waals surface area contributed by atoms with Crippen LogP contribution >= 0.6 is 0 Å². The SMILES string of the molecule is c1ccc(-c2cccc(N(c3ccc(-c4ccc5ccc6ccc7ccccc7c6c5c4)cc3)c3ccc4c(ccc5oc6ccccc6c54)c3)c2)cc1. The van der Waals surface area contributed by atoms with Crippen molar-refractivity contribution in [3.63, 3.8) is 0 Å². The summed E-state index contributed by atoms with van der Waals surface area (Å²) in [6.45, 7) is 0. The van der Waals surface area contributed by atoms with Crippen molar-refractivity contribution in [2.75, 3.05) is 4.90 Å². The summed E-state index contributed by atoms with van der Waals surface area (Å²) in [5.74, 6) is 0. The number of benzene rings is 10. The Morgan fingerprint density at radius 1 is 0.278 bits per heavy atom. The lowest BCUT2D eigenvalue weighted by Gasteiger charge is -2.26. The maximum absolute atomic E-state index is 6.23. The lowest BCUT2D eigenvalue weighted by molar-refractivity contribution is 0.669. The van der Waals surface area contributed by atoms with E-state index in [1.165, 1.54) is 65.3 Å². The number of nitrogens with zero attached hydrogens (tertiary/aromatic N) is 1. The second-order valence-electron chi connectivity index (χ2n) is 14.1. The Morgan fingerprint density at radius 2 is 0.870 bits per heavy atom. The maximum Gasteiger partial charge on any atom is 0.136 e. The summed E-state index contributed by atoms with van der Waals surface area (Å²) in [5, 5.41) is 12.3. The summed E-state index contributed by atoms with van der Waals surface area (Å²) in [5.41, 5.74) is 9.87. The van der Waals surface area contributed by atoms with E-state index in [0.29, 0.717) is 0 Å². The van der Waals surface area contributed by atoms with Crippen LogP contribution in [0.4, 0.5) is 17.1 Å². The zero-order valence-corrected chi connectivity index (χ0v) is 29.4. The molecule has 252 valence electrons. The molecule has 0 amide bonds. The van der Waals surface area contributed by atoms with E-state index in [4.69, 9.17) is 4.42 Å². The monoisotopic (exact) mass is 687 g/mol. The van der Waals surface area contributed by atoms with Crippen LogP contribution in [0.25, 0.3) is 87.3 Å². The first-order valence-electron chi connectivity index (χ1n) is 18.5. The van der Waals surface area contributed by atoms with Crippen molar-refractivity contribution < 1.29 is 4.42 Å². The van der Waals surface area contributed by atoms with Crippen molar-refractivity contribution in [3.05, 3.63) is 200 Å². The topological polar surface area (TPSA) is 16.4 Å². The fraction of sp³-hybridized carbons (Fsp3) is 0. The average molecular weight is 688 g/mol. The molecule has 1 aromatic heterocycles. The summed E-state index contributed by atoms with van der Waals surface area (Å²) in [6, 6.07) is 72.4. The smallest absolute Gasteiger partial charge is 0.136 e. The molecule has 0 aliphatic carbocycles. The molecule has 54 heavy (non-hydrogen) atoms. The summed E-state index contributed by atoms with van der Waals surface area (Å²) in [7, 11) is 0. The summed E-state index contributed by atoms with van der Waals surface area (Å²) >= 11 is 0. The van der Waals surface area contributed by atoms with Gasteiger partial charge in [-0.15, -0.1) is 0 Å². The van der Waals surface area contributed by atoms with Gasteiger partial charge in [-0.05, 0) is 120 Å². The number of para-hydroxylation sites is 1. The van der Waals surface area contributed by atoms with E-state index in [2.05, 4.69) is 193 Å². The number of hydrogen-bond donors (Lipinski definition) is 0. The molecule has 0 radical (unpaired) electrons. The highest BCUT2D eigenvalue weighted by atomic mass is 16.3. The Bertz CT molecular complexity index is 3210. The molecule has 0 bridgehead atoms. The van der Waals surface area contributed by atoms with Gasteiger partial charge in [0.25, 0.3) is 0 Å². The third-order valence-corrected chi connectivity index (χ3v) is 11.0. The van der Waals surface area contributed by atoms with Gasteiger partial charge in [-0.3, -0.25) is 0 Å². The van der Waals surface area contributed by atoms with E-state index >= 15 is 0 Å². The fourth-order valence-corrected chi connectivity index (χ4v) is 8.39. The van der Waals surface area contributed by atoms with Crippen LogP contribution < -0.4 is 4.90 Å². The van der Waals surface area contributed by atoms with Crippen molar-refractivity contribution in [1.29, 1.82) is 0 Å². The van der Waals surface area contributed by atoms with Crippen LogP contribution in [0.5, 0.6) is 0 Å². The molecule has 0 saturated heterocycles. The summed E-state index contributed by atoms with van der Waals surface area (Å²) < 4.78 is 6.23. The normalized spacial score (nSPS) is 11.7. The predicted molar refractivity (Wildman–Crippen MR) is 229 cm³/mol. The van der Waals surface area contributed by atoms with Gasteiger partial charge in [-0.1, -0.05) is 146 Å². The van der Waals surface area contributed by atoms with Gasteiger partial charge in [0.05, 0.1) is 0 Å². The number of furan rings is 1. The first-order valence-corrected chi connectivity index (χ1v) is 18.5. The Labute approximate surface area is 312 Å². The molecule has 0 aliphatic rings. The van der Waals surface area contributed by atoms with Gasteiger partial charge in [0.15, 0.2) is 0 Å². The molecule has 2 nitrogen and oxygen atoms in total. The van der Waals surface area contributed by atoms with Crippen LogP contribution in [0, 0.1) is 0 Å². The highest BCUT2D eigenvalue weighted by Gasteiger charge is 2.17. The molecule has 1 heterocycles. The maximum atomic E-state index is 6.23. The molecule has 0 atom stereocenters. The molecule has 2 heteroatoms. The van der Waals surface area contributed by atoms with E-state index in [0.717, 1.165) is 39.0 Å². The number of hydrogen-bond acceptors (Lipinski definition) is 2. The van der Waals surface area contributed by atoms with Gasteiger partial charge in [0.2, 0.25) is 0 Å². The second-order valence-corrected chi connectivity index (χ2v) is 14.1. The van der Waals surface area contributed by atoms with Gasteiger partial charge < -0.3 is 9.32 Å². The minimum Gasteiger partial charge on any atom is -0.456 e. The molecule has 0 saturated carbocycles. The highest BCUT2D eigenvalue weighted by Crippen LogP contribution is 2.42. The fourth-order valence-electron chi connectivity index (χ4n) is 8.39. The van der Waals surface area contributed by atoms with E-state index in [1.54, 1.807) is 0 Å². The minimum atomic E-state index is 0.911. The standard InChI is InChI=1S/C52H33NO/c1-2-9-34(10-3-1)39-12-8-13-43(31-39)53(44-28-29-46-41(32-44)25-30-50-52(46)47-15-6-7-16-49(47)54-50)42-26-23-35(24-27-42)40-22-19-37-18-21-38-20-17-36-11-4-5-14-45(36)51(38)48(37)33-40/h1-33H. The van der Waals surface area contributed by atoms with Crippen molar-refractivity contribution in [2.24, 2.45) is 0 Å². The molecule has 0 spiro atoms. The van der Waals surface area contributed by atoms with Crippen LogP contribution in [-0.4, -0.2) is 0 Å². The lowest BCUT2D eigenvalue weighted by atomic mass is 9.94. The third kappa shape index (κ3) is 4.96. The molecule has 0 fully saturated rings. The van der Waals surface area contributed by atoms with Crippen molar-refractivity contribution in [2.45, 2.75) is 0 Å². The Morgan fingerprint density at radius 3 is 1.74 bits per heavy atom. The first kappa shape index (κ1) is 30.5. The van der Waals surface area contributed by atoms with E-state index < -0.39 is 0 Å². The Hall–Kier alpha value is -7.16. The van der Waals surface area contributed by atoms with Gasteiger partial charge >= 0.3 is 0 Å². The van der Waals surface area contributed by atoms with Crippen LogP contribution in [0.3, 0.4) is 0 Å². The van der Waals surface area contributed by atoms with Crippen molar-refractivity contribution in [1.82, 2.24) is 0 Å². The Kier molecular flexibility index (Phi) is 6.90. The molecule has 11 aromatic rings. The van der Waals surface area contributed by atoms with Crippen molar-refractivity contribution in [3.8, 4) is 22.3 Å². The summed E-state index contributed by atoms with van der Waals surface area (Å²) in [4.78, 5) is 2.37. The van der Waals surface area contributed by atoms with Crippen LogP contribution in [0.2, 0.25) is 0 Å². The molecular weight excluding hydrogens is 655 g/mol. The average Bonchev–Trinajstić information content (AvgIpc) is 3.63. The van der Waals surface area contributed by atoms with Crippen molar-refractivity contribution >= 4 is 82.1 Å². The van der Waals surface area contributed by atoms with E-state index in [-0.39, 0.29) is 0 Å². The molecule has 0 unspecified atom stereocenters. The number of fused-ring (bicyclic) bond motifs is 10. The van der Waals surface area contributed by atoms with E-state index in [9.17, 15) is 0 Å². The van der Waals surface area contributed by atoms with Gasteiger partial charge in [0, 0.05) is 27.8 Å². The quantitative estimate of drug-likeness (QED) is 0.168. The highest BCUT2D eigenvalue weighted by molar-refractivity contribution is 6.21. The lowest BCUT2D eigenvalue weighted by Crippen LogP contribution is -2.10. The second kappa shape index (κ2) is 12.2. The Balaban J connectivity index is 1.05. The van der Waals surface area contributed by atoms with Crippen LogP contribution in [0.1, 0.15) is 0 Å². The number of anilines is 3. The third-order valence-electron chi connectivity index (χ3n) is 11.0. The van der Waals surface area contributed by atoms with Crippen LogP contribution in [-0.2, 0) is 0 Å². The zero-order chi connectivity index (χ0) is 35.6. The zero-order valence-electron chi connectivity index (χ0n) is 29.4. The minimum absolute atomic E-state index is 0.911. The predicted octanol–water partition coefficient (Wildman–Crippen LogP) is 15.0. The molecule has 0 N–H and O–H groups in total. The van der Waals surface area contributed by atoms with Gasteiger partial charge in [-0.25, -0.2) is 0 Å². The van der Waals surface area contributed by atoms with Gasteiger partial charge in [0.1, 0.15) is 11.2 Å². The van der Waals surface area contributed by atoms with E-state index in [1.807, 2.05) is 12.1 Å². The molecule has 10 aromatic carbocycles. The van der Waals surface area contributed by atoms with Gasteiger partial charge in [-0.2, -0.15) is 0 Å². The summed E-state index contributed by atoms with van der Waals surface area (Å²) in [6.07, 6.45) is 0. The first-order chi connectivity index (χ1) is 26.7. The van der Waals surface area contributed by atoms with Crippen LogP contribution in [0.15, 0.2) is 205 Å². The molecular formula is C52H33NO. The molecule has 0 aliphatic heterocycles.